The molecule has 2 aromatic heterocycles. The first-order chi connectivity index (χ1) is 7.99. The van der Waals surface area contributed by atoms with Crippen LogP contribution >= 0.6 is 11.6 Å². The summed E-state index contributed by atoms with van der Waals surface area (Å²) in [4.78, 5) is 3.53. The van der Waals surface area contributed by atoms with Crippen LogP contribution in [0.2, 0.25) is 5.02 Å². The second-order valence-corrected chi connectivity index (χ2v) is 5.10. The number of hydrogen-bond donors (Lipinski definition) is 1. The number of sulfonamides is 1. The summed E-state index contributed by atoms with van der Waals surface area (Å²) in [5.74, 6) is 0.250. The van der Waals surface area contributed by atoms with Gasteiger partial charge in [0.05, 0.1) is 5.02 Å². The molecule has 0 unspecified atom stereocenters. The molecule has 90 valence electrons. The molecule has 0 saturated carbocycles. The Hall–Kier alpha value is -1.67. The van der Waals surface area contributed by atoms with Gasteiger partial charge in [0.25, 0.3) is 10.0 Å². The topological polar surface area (TPSA) is 98.0 Å². The molecular formula is C8H7ClN4O3S. The Morgan fingerprint density at radius 1 is 1.41 bits per heavy atom. The van der Waals surface area contributed by atoms with E-state index >= 15 is 0 Å². The zero-order valence-electron chi connectivity index (χ0n) is 8.58. The molecule has 2 rings (SSSR count). The van der Waals surface area contributed by atoms with Gasteiger partial charge in [0, 0.05) is 19.3 Å². The molecule has 17 heavy (non-hydrogen) atoms. The first-order valence-electron chi connectivity index (χ1n) is 4.41. The van der Waals surface area contributed by atoms with Crippen molar-refractivity contribution in [2.45, 2.75) is 11.8 Å². The number of hydrogen-bond acceptors (Lipinski definition) is 6. The van der Waals surface area contributed by atoms with E-state index in [4.69, 9.17) is 16.0 Å². The van der Waals surface area contributed by atoms with Crippen LogP contribution in [0.3, 0.4) is 0 Å². The molecule has 0 aliphatic heterocycles. The van der Waals surface area contributed by atoms with E-state index in [-0.39, 0.29) is 21.8 Å². The Morgan fingerprint density at radius 2 is 2.18 bits per heavy atom. The average molecular weight is 275 g/mol. The third-order valence-corrected chi connectivity index (χ3v) is 3.56. The number of pyridine rings is 1. The van der Waals surface area contributed by atoms with Crippen LogP contribution in [0, 0.1) is 6.92 Å². The van der Waals surface area contributed by atoms with Gasteiger partial charge in [0.15, 0.2) is 0 Å². The summed E-state index contributed by atoms with van der Waals surface area (Å²) in [6.07, 6.45) is 2.52. The highest BCUT2D eigenvalue weighted by atomic mass is 35.5. The minimum Gasteiger partial charge on any atom is -0.408 e. The summed E-state index contributed by atoms with van der Waals surface area (Å²) in [6.45, 7) is 1.54. The van der Waals surface area contributed by atoms with Gasteiger partial charge >= 0.3 is 6.01 Å². The van der Waals surface area contributed by atoms with Crippen molar-refractivity contribution in [3.8, 4) is 0 Å². The fraction of sp³-hybridized carbons (Fsp3) is 0.125. The predicted octanol–water partition coefficient (Wildman–Crippen LogP) is 1.23. The number of halogens is 1. The Morgan fingerprint density at radius 3 is 2.76 bits per heavy atom. The van der Waals surface area contributed by atoms with Crippen LogP contribution in [0.5, 0.6) is 0 Å². The molecule has 0 fully saturated rings. The molecule has 0 aliphatic carbocycles. The van der Waals surface area contributed by atoms with Crippen LogP contribution < -0.4 is 4.72 Å². The second-order valence-electron chi connectivity index (χ2n) is 3.04. The van der Waals surface area contributed by atoms with Gasteiger partial charge in [0.1, 0.15) is 4.90 Å². The van der Waals surface area contributed by atoms with Gasteiger partial charge < -0.3 is 4.42 Å². The third-order valence-electron chi connectivity index (χ3n) is 1.77. The molecule has 7 nitrogen and oxygen atoms in total. The Labute approximate surface area is 102 Å². The van der Waals surface area contributed by atoms with E-state index < -0.39 is 10.0 Å². The standard InChI is InChI=1S/C8H7ClN4O3S/c1-5-11-12-8(16-5)13-17(14,15)7-4-10-3-2-6(7)9/h2-4H,1H3,(H,12,13). The molecule has 1 N–H and O–H groups in total. The van der Waals surface area contributed by atoms with Crippen LogP contribution in [0.4, 0.5) is 6.01 Å². The van der Waals surface area contributed by atoms with E-state index in [1.165, 1.54) is 12.3 Å². The molecule has 0 aromatic carbocycles. The predicted molar refractivity (Wildman–Crippen MR) is 59.1 cm³/mol. The number of aromatic nitrogens is 3. The van der Waals surface area contributed by atoms with E-state index in [1.54, 1.807) is 6.92 Å². The van der Waals surface area contributed by atoms with E-state index in [0.717, 1.165) is 6.20 Å². The van der Waals surface area contributed by atoms with Gasteiger partial charge in [-0.15, -0.1) is 5.10 Å². The smallest absolute Gasteiger partial charge is 0.329 e. The lowest BCUT2D eigenvalue weighted by atomic mass is 10.5. The molecule has 0 bridgehead atoms. The minimum atomic E-state index is -3.87. The fourth-order valence-corrected chi connectivity index (χ4v) is 2.43. The van der Waals surface area contributed by atoms with Crippen molar-refractivity contribution >= 4 is 27.6 Å². The number of nitrogens with zero attached hydrogens (tertiary/aromatic N) is 3. The normalized spacial score (nSPS) is 11.4. The monoisotopic (exact) mass is 274 g/mol. The molecule has 0 radical (unpaired) electrons. The number of rotatable bonds is 3. The third kappa shape index (κ3) is 2.53. The summed E-state index contributed by atoms with van der Waals surface area (Å²) in [7, 11) is -3.87. The van der Waals surface area contributed by atoms with Crippen LogP contribution in [0.15, 0.2) is 27.8 Å². The zero-order chi connectivity index (χ0) is 12.5. The average Bonchev–Trinajstić information content (AvgIpc) is 2.63. The first kappa shape index (κ1) is 11.8. The van der Waals surface area contributed by atoms with Crippen molar-refractivity contribution in [1.82, 2.24) is 15.2 Å². The summed E-state index contributed by atoms with van der Waals surface area (Å²) in [6, 6.07) is 1.15. The van der Waals surface area contributed by atoms with Gasteiger partial charge in [-0.1, -0.05) is 16.7 Å². The number of nitrogens with one attached hydrogen (secondary N) is 1. The van der Waals surface area contributed by atoms with Crippen LogP contribution in [-0.2, 0) is 10.0 Å². The van der Waals surface area contributed by atoms with Gasteiger partial charge in [0.2, 0.25) is 5.89 Å². The Balaban J connectivity index is 2.35. The molecule has 0 atom stereocenters. The first-order valence-corrected chi connectivity index (χ1v) is 6.27. The van der Waals surface area contributed by atoms with Crippen molar-refractivity contribution in [3.63, 3.8) is 0 Å². The van der Waals surface area contributed by atoms with E-state index in [1.807, 2.05) is 0 Å². The molecule has 9 heteroatoms. The second kappa shape index (κ2) is 4.30. The zero-order valence-corrected chi connectivity index (χ0v) is 10.2. The lowest BCUT2D eigenvalue weighted by Gasteiger charge is -2.04. The van der Waals surface area contributed by atoms with Crippen molar-refractivity contribution in [1.29, 1.82) is 0 Å². The SMILES string of the molecule is Cc1nnc(NS(=O)(=O)c2cnccc2Cl)o1. The molecular weight excluding hydrogens is 268 g/mol. The molecule has 0 amide bonds. The van der Waals surface area contributed by atoms with E-state index in [0.29, 0.717) is 0 Å². The van der Waals surface area contributed by atoms with Crippen LogP contribution in [0.1, 0.15) is 5.89 Å². The lowest BCUT2D eigenvalue weighted by Crippen LogP contribution is -2.14. The van der Waals surface area contributed by atoms with Crippen molar-refractivity contribution in [2.75, 3.05) is 4.72 Å². The summed E-state index contributed by atoms with van der Waals surface area (Å²) in [5, 5.41) is 7.07. The summed E-state index contributed by atoms with van der Waals surface area (Å²) >= 11 is 5.75. The highest BCUT2D eigenvalue weighted by Gasteiger charge is 2.20. The quantitative estimate of drug-likeness (QED) is 0.904. The highest BCUT2D eigenvalue weighted by molar-refractivity contribution is 7.92. The highest BCUT2D eigenvalue weighted by Crippen LogP contribution is 2.21. The molecule has 2 aromatic rings. The lowest BCUT2D eigenvalue weighted by molar-refractivity contribution is 0.534. The van der Waals surface area contributed by atoms with Crippen LogP contribution in [-0.4, -0.2) is 23.6 Å². The Kier molecular flexibility index (Phi) is 2.99. The Bertz CT molecular complexity index is 640. The fourth-order valence-electron chi connectivity index (χ4n) is 1.07. The molecule has 2 heterocycles. The molecule has 0 aliphatic rings. The minimum absolute atomic E-state index is 0.0590. The number of aryl methyl sites for hydroxylation is 1. The van der Waals surface area contributed by atoms with Crippen LogP contribution in [0.25, 0.3) is 0 Å². The molecule has 0 spiro atoms. The maximum Gasteiger partial charge on any atom is 0.329 e. The van der Waals surface area contributed by atoms with Gasteiger partial charge in [-0.3, -0.25) is 4.98 Å². The van der Waals surface area contributed by atoms with Crippen molar-refractivity contribution in [2.24, 2.45) is 0 Å². The van der Waals surface area contributed by atoms with Crippen molar-refractivity contribution < 1.29 is 12.8 Å². The molecule has 0 saturated heterocycles. The number of anilines is 1. The van der Waals surface area contributed by atoms with Crippen molar-refractivity contribution in [3.05, 3.63) is 29.4 Å². The largest absolute Gasteiger partial charge is 0.408 e. The van der Waals surface area contributed by atoms with E-state index in [9.17, 15) is 8.42 Å². The summed E-state index contributed by atoms with van der Waals surface area (Å²) < 4.78 is 30.7. The van der Waals surface area contributed by atoms with Gasteiger partial charge in [-0.25, -0.2) is 13.1 Å². The van der Waals surface area contributed by atoms with Gasteiger partial charge in [-0.2, -0.15) is 0 Å². The summed E-state index contributed by atoms with van der Waals surface area (Å²) in [5.41, 5.74) is 0. The van der Waals surface area contributed by atoms with Gasteiger partial charge in [-0.05, 0) is 6.07 Å². The maximum atomic E-state index is 11.9. The van der Waals surface area contributed by atoms with E-state index in [2.05, 4.69) is 19.9 Å². The maximum absolute atomic E-state index is 11.9.